The molecule has 0 aliphatic heterocycles. The summed E-state index contributed by atoms with van der Waals surface area (Å²) in [7, 11) is 0. The fourth-order valence-electron chi connectivity index (χ4n) is 1.64. The van der Waals surface area contributed by atoms with Crippen LogP contribution >= 0.6 is 22.9 Å². The highest BCUT2D eigenvalue weighted by atomic mass is 35.5. The molecular weight excluding hydrogens is 257 g/mol. The standard InChI is InChI=1S/C13H13ClFNS/c1-9(11-4-2-3-5-12(11)15)16-8-10-6-7-13(14)17-10/h2-7,9,16H,8H2,1H3/t9-/m1/s1. The minimum Gasteiger partial charge on any atom is -0.305 e. The van der Waals surface area contributed by atoms with Gasteiger partial charge in [0.1, 0.15) is 5.82 Å². The Kier molecular flexibility index (Phi) is 4.15. The van der Waals surface area contributed by atoms with E-state index in [0.29, 0.717) is 12.1 Å². The molecule has 2 rings (SSSR count). The van der Waals surface area contributed by atoms with Crippen LogP contribution in [0, 0.1) is 5.82 Å². The molecule has 2 aromatic rings. The maximum atomic E-state index is 13.5. The first-order chi connectivity index (χ1) is 8.16. The van der Waals surface area contributed by atoms with Crippen molar-refractivity contribution >= 4 is 22.9 Å². The Morgan fingerprint density at radius 1 is 1.29 bits per heavy atom. The fraction of sp³-hybridized carbons (Fsp3) is 0.231. The van der Waals surface area contributed by atoms with Crippen LogP contribution < -0.4 is 5.32 Å². The van der Waals surface area contributed by atoms with Gasteiger partial charge in [-0.25, -0.2) is 4.39 Å². The van der Waals surface area contributed by atoms with Gasteiger partial charge in [0.2, 0.25) is 0 Å². The minimum atomic E-state index is -0.170. The van der Waals surface area contributed by atoms with Crippen LogP contribution in [-0.4, -0.2) is 0 Å². The van der Waals surface area contributed by atoms with Gasteiger partial charge in [-0.3, -0.25) is 0 Å². The number of nitrogens with one attached hydrogen (secondary N) is 1. The highest BCUT2D eigenvalue weighted by Gasteiger charge is 2.09. The third-order valence-electron chi connectivity index (χ3n) is 2.58. The predicted molar refractivity (Wildman–Crippen MR) is 71.0 cm³/mol. The number of hydrogen-bond acceptors (Lipinski definition) is 2. The molecule has 0 spiro atoms. The van der Waals surface area contributed by atoms with Crippen molar-refractivity contribution in [2.24, 2.45) is 0 Å². The zero-order valence-electron chi connectivity index (χ0n) is 9.41. The van der Waals surface area contributed by atoms with Gasteiger partial charge >= 0.3 is 0 Å². The van der Waals surface area contributed by atoms with Crippen molar-refractivity contribution in [1.82, 2.24) is 5.32 Å². The molecule has 0 fully saturated rings. The number of rotatable bonds is 4. The maximum absolute atomic E-state index is 13.5. The summed E-state index contributed by atoms with van der Waals surface area (Å²) in [6.45, 7) is 2.65. The molecule has 0 aliphatic rings. The Balaban J connectivity index is 1.98. The molecule has 0 saturated carbocycles. The molecule has 1 atom stereocenters. The summed E-state index contributed by atoms with van der Waals surface area (Å²) in [5.41, 5.74) is 0.690. The Hall–Kier alpha value is -0.900. The lowest BCUT2D eigenvalue weighted by atomic mass is 10.1. The fourth-order valence-corrected chi connectivity index (χ4v) is 2.68. The summed E-state index contributed by atoms with van der Waals surface area (Å²) in [5.74, 6) is -0.170. The lowest BCUT2D eigenvalue weighted by Gasteiger charge is -2.14. The molecule has 17 heavy (non-hydrogen) atoms. The molecule has 0 radical (unpaired) electrons. The van der Waals surface area contributed by atoms with E-state index in [9.17, 15) is 4.39 Å². The number of halogens is 2. The first-order valence-corrected chi connectivity index (χ1v) is 6.58. The van der Waals surface area contributed by atoms with Crippen LogP contribution in [0.25, 0.3) is 0 Å². The number of benzene rings is 1. The van der Waals surface area contributed by atoms with E-state index in [4.69, 9.17) is 11.6 Å². The Bertz CT molecular complexity index is 498. The van der Waals surface area contributed by atoms with E-state index in [1.807, 2.05) is 25.1 Å². The topological polar surface area (TPSA) is 12.0 Å². The highest BCUT2D eigenvalue weighted by molar-refractivity contribution is 7.16. The molecule has 0 amide bonds. The second-order valence-electron chi connectivity index (χ2n) is 3.83. The van der Waals surface area contributed by atoms with Gasteiger partial charge in [-0.15, -0.1) is 11.3 Å². The average molecular weight is 270 g/mol. The molecule has 0 unspecified atom stereocenters. The van der Waals surface area contributed by atoms with Crippen molar-refractivity contribution in [2.45, 2.75) is 19.5 Å². The second kappa shape index (κ2) is 5.63. The highest BCUT2D eigenvalue weighted by Crippen LogP contribution is 2.22. The molecule has 0 saturated heterocycles. The quantitative estimate of drug-likeness (QED) is 0.868. The van der Waals surface area contributed by atoms with Crippen LogP contribution in [0.3, 0.4) is 0 Å². The minimum absolute atomic E-state index is 0.0166. The second-order valence-corrected chi connectivity index (χ2v) is 5.63. The van der Waals surface area contributed by atoms with Gasteiger partial charge in [-0.05, 0) is 25.1 Å². The van der Waals surface area contributed by atoms with Crippen molar-refractivity contribution in [3.63, 3.8) is 0 Å². The van der Waals surface area contributed by atoms with Gasteiger partial charge in [-0.1, -0.05) is 29.8 Å². The Labute approximate surface area is 109 Å². The number of hydrogen-bond donors (Lipinski definition) is 1. The van der Waals surface area contributed by atoms with E-state index in [-0.39, 0.29) is 11.9 Å². The van der Waals surface area contributed by atoms with E-state index in [0.717, 1.165) is 9.21 Å². The van der Waals surface area contributed by atoms with Gasteiger partial charge in [0, 0.05) is 23.0 Å². The summed E-state index contributed by atoms with van der Waals surface area (Å²) in [4.78, 5) is 1.15. The van der Waals surface area contributed by atoms with Gasteiger partial charge in [0.25, 0.3) is 0 Å². The van der Waals surface area contributed by atoms with Crippen LogP contribution in [0.1, 0.15) is 23.4 Å². The molecular formula is C13H13ClFNS. The van der Waals surface area contributed by atoms with Gasteiger partial charge in [0.05, 0.1) is 4.34 Å². The van der Waals surface area contributed by atoms with Crippen molar-refractivity contribution in [1.29, 1.82) is 0 Å². The van der Waals surface area contributed by atoms with Crippen LogP contribution in [0.15, 0.2) is 36.4 Å². The first kappa shape index (κ1) is 12.6. The zero-order valence-corrected chi connectivity index (χ0v) is 11.0. The molecule has 0 aliphatic carbocycles. The summed E-state index contributed by atoms with van der Waals surface area (Å²) in [5, 5.41) is 3.28. The maximum Gasteiger partial charge on any atom is 0.127 e. The number of thiophene rings is 1. The monoisotopic (exact) mass is 269 g/mol. The molecule has 1 aromatic carbocycles. The third kappa shape index (κ3) is 3.28. The molecule has 1 heterocycles. The van der Waals surface area contributed by atoms with E-state index >= 15 is 0 Å². The average Bonchev–Trinajstić information content (AvgIpc) is 2.73. The van der Waals surface area contributed by atoms with E-state index < -0.39 is 0 Å². The largest absolute Gasteiger partial charge is 0.305 e. The summed E-state index contributed by atoms with van der Waals surface area (Å²) >= 11 is 7.39. The SMILES string of the molecule is C[C@@H](NCc1ccc(Cl)s1)c1ccccc1F. The molecule has 1 aromatic heterocycles. The van der Waals surface area contributed by atoms with Gasteiger partial charge in [-0.2, -0.15) is 0 Å². The lowest BCUT2D eigenvalue weighted by Crippen LogP contribution is -2.18. The zero-order chi connectivity index (χ0) is 12.3. The van der Waals surface area contributed by atoms with Gasteiger partial charge < -0.3 is 5.32 Å². The van der Waals surface area contributed by atoms with Crippen molar-refractivity contribution < 1.29 is 4.39 Å². The smallest absolute Gasteiger partial charge is 0.127 e. The molecule has 90 valence electrons. The van der Waals surface area contributed by atoms with Crippen molar-refractivity contribution in [3.8, 4) is 0 Å². The van der Waals surface area contributed by atoms with Crippen molar-refractivity contribution in [3.05, 3.63) is 57.0 Å². The summed E-state index contributed by atoms with van der Waals surface area (Å²) in [6.07, 6.45) is 0. The molecule has 0 bridgehead atoms. The Morgan fingerprint density at radius 2 is 2.06 bits per heavy atom. The van der Waals surface area contributed by atoms with Gasteiger partial charge in [0.15, 0.2) is 0 Å². The van der Waals surface area contributed by atoms with E-state index in [1.54, 1.807) is 12.1 Å². The molecule has 4 heteroatoms. The molecule has 1 N–H and O–H groups in total. The van der Waals surface area contributed by atoms with E-state index in [2.05, 4.69) is 5.32 Å². The van der Waals surface area contributed by atoms with Crippen LogP contribution in [-0.2, 0) is 6.54 Å². The first-order valence-electron chi connectivity index (χ1n) is 5.39. The van der Waals surface area contributed by atoms with Crippen molar-refractivity contribution in [2.75, 3.05) is 0 Å². The predicted octanol–water partition coefficient (Wildman–Crippen LogP) is 4.39. The van der Waals surface area contributed by atoms with Crippen LogP contribution in [0.4, 0.5) is 4.39 Å². The third-order valence-corrected chi connectivity index (χ3v) is 3.81. The normalized spacial score (nSPS) is 12.6. The summed E-state index contributed by atoms with van der Waals surface area (Å²) in [6, 6.07) is 10.7. The van der Waals surface area contributed by atoms with Crippen LogP contribution in [0.2, 0.25) is 4.34 Å². The Morgan fingerprint density at radius 3 is 2.71 bits per heavy atom. The van der Waals surface area contributed by atoms with Crippen LogP contribution in [0.5, 0.6) is 0 Å². The lowest BCUT2D eigenvalue weighted by molar-refractivity contribution is 0.530. The molecule has 1 nitrogen and oxygen atoms in total. The summed E-state index contributed by atoms with van der Waals surface area (Å²) < 4.78 is 14.3. The van der Waals surface area contributed by atoms with E-state index in [1.165, 1.54) is 17.4 Å².